The highest BCUT2D eigenvalue weighted by molar-refractivity contribution is 7.09. The molecular weight excluding hydrogens is 200 g/mol. The van der Waals surface area contributed by atoms with E-state index in [2.05, 4.69) is 0 Å². The smallest absolute Gasteiger partial charge is 0.311 e. The Balaban J connectivity index is 2.04. The summed E-state index contributed by atoms with van der Waals surface area (Å²) in [4.78, 5) is 12.5. The summed E-state index contributed by atoms with van der Waals surface area (Å²) in [5.41, 5.74) is 0. The molecule has 4 heteroatoms. The molecular formula is C10H12O3S. The Hall–Kier alpha value is -0.870. The second-order valence-electron chi connectivity index (χ2n) is 3.41. The van der Waals surface area contributed by atoms with Gasteiger partial charge in [-0.3, -0.25) is 4.79 Å². The highest BCUT2D eigenvalue weighted by Crippen LogP contribution is 2.22. The first-order chi connectivity index (χ1) is 6.77. The lowest BCUT2D eigenvalue weighted by Crippen LogP contribution is -2.37. The summed E-state index contributed by atoms with van der Waals surface area (Å²) in [7, 11) is 0. The molecule has 2 unspecified atom stereocenters. The molecule has 0 aliphatic carbocycles. The fourth-order valence-corrected chi connectivity index (χ4v) is 2.38. The van der Waals surface area contributed by atoms with Crippen molar-refractivity contribution >= 4 is 17.3 Å². The SMILES string of the molecule is O=C1OCCC(O)C1Cc1cccs1. The zero-order valence-corrected chi connectivity index (χ0v) is 8.50. The Bertz CT molecular complexity index is 307. The number of cyclic esters (lactones) is 1. The van der Waals surface area contributed by atoms with E-state index in [-0.39, 0.29) is 11.9 Å². The van der Waals surface area contributed by atoms with Crippen LogP contribution in [0.25, 0.3) is 0 Å². The first-order valence-electron chi connectivity index (χ1n) is 4.64. The van der Waals surface area contributed by atoms with Gasteiger partial charge in [0.05, 0.1) is 18.6 Å². The van der Waals surface area contributed by atoms with E-state index in [1.807, 2.05) is 17.5 Å². The van der Waals surface area contributed by atoms with Crippen LogP contribution in [0.5, 0.6) is 0 Å². The van der Waals surface area contributed by atoms with Crippen LogP contribution in [0.1, 0.15) is 11.3 Å². The number of aliphatic hydroxyl groups is 1. The molecule has 3 nitrogen and oxygen atoms in total. The van der Waals surface area contributed by atoms with Gasteiger partial charge in [-0.2, -0.15) is 0 Å². The number of hydrogen-bond donors (Lipinski definition) is 1. The Morgan fingerprint density at radius 2 is 2.50 bits per heavy atom. The second kappa shape index (κ2) is 4.11. The molecule has 0 radical (unpaired) electrons. The monoisotopic (exact) mass is 212 g/mol. The molecule has 1 fully saturated rings. The molecule has 2 rings (SSSR count). The Morgan fingerprint density at radius 1 is 1.64 bits per heavy atom. The number of rotatable bonds is 2. The summed E-state index contributed by atoms with van der Waals surface area (Å²) >= 11 is 1.60. The van der Waals surface area contributed by atoms with Crippen molar-refractivity contribution in [3.8, 4) is 0 Å². The fourth-order valence-electron chi connectivity index (χ4n) is 1.61. The van der Waals surface area contributed by atoms with E-state index in [0.717, 1.165) is 4.88 Å². The quantitative estimate of drug-likeness (QED) is 0.750. The summed E-state index contributed by atoms with van der Waals surface area (Å²) in [5.74, 6) is -0.639. The molecule has 0 amide bonds. The lowest BCUT2D eigenvalue weighted by Gasteiger charge is -2.25. The van der Waals surface area contributed by atoms with Crippen molar-refractivity contribution < 1.29 is 14.6 Å². The standard InChI is InChI=1S/C10H12O3S/c11-9-3-4-13-10(12)8(9)6-7-2-1-5-14-7/h1-2,5,8-9,11H,3-4,6H2. The van der Waals surface area contributed by atoms with Gasteiger partial charge < -0.3 is 9.84 Å². The topological polar surface area (TPSA) is 46.5 Å². The molecule has 1 N–H and O–H groups in total. The molecule has 0 spiro atoms. The number of carbonyl (C=O) groups is 1. The van der Waals surface area contributed by atoms with Gasteiger partial charge in [0, 0.05) is 11.3 Å². The van der Waals surface area contributed by atoms with Crippen molar-refractivity contribution in [2.45, 2.75) is 18.9 Å². The van der Waals surface area contributed by atoms with Gasteiger partial charge in [-0.25, -0.2) is 0 Å². The number of carbonyl (C=O) groups excluding carboxylic acids is 1. The lowest BCUT2D eigenvalue weighted by atomic mass is 9.94. The van der Waals surface area contributed by atoms with Gasteiger partial charge in [0.25, 0.3) is 0 Å². The maximum atomic E-state index is 11.4. The van der Waals surface area contributed by atoms with E-state index in [1.54, 1.807) is 11.3 Å². The van der Waals surface area contributed by atoms with Crippen molar-refractivity contribution in [3.63, 3.8) is 0 Å². The van der Waals surface area contributed by atoms with Crippen molar-refractivity contribution in [1.29, 1.82) is 0 Å². The van der Waals surface area contributed by atoms with Gasteiger partial charge in [-0.05, 0) is 17.9 Å². The number of aliphatic hydroxyl groups excluding tert-OH is 1. The minimum atomic E-state index is -0.543. The molecule has 1 saturated heterocycles. The van der Waals surface area contributed by atoms with Gasteiger partial charge in [0.1, 0.15) is 0 Å². The molecule has 1 aliphatic heterocycles. The van der Waals surface area contributed by atoms with Crippen LogP contribution in [-0.2, 0) is 16.0 Å². The van der Waals surface area contributed by atoms with E-state index in [0.29, 0.717) is 19.4 Å². The van der Waals surface area contributed by atoms with E-state index in [1.165, 1.54) is 0 Å². The lowest BCUT2D eigenvalue weighted by molar-refractivity contribution is -0.160. The second-order valence-corrected chi connectivity index (χ2v) is 4.45. The number of esters is 1. The van der Waals surface area contributed by atoms with E-state index >= 15 is 0 Å². The summed E-state index contributed by atoms with van der Waals surface area (Å²) < 4.78 is 4.92. The molecule has 14 heavy (non-hydrogen) atoms. The van der Waals surface area contributed by atoms with Gasteiger partial charge in [-0.1, -0.05) is 6.07 Å². The molecule has 0 saturated carbocycles. The predicted octanol–water partition coefficient (Wildman–Crippen LogP) is 1.21. The average molecular weight is 212 g/mol. The molecule has 1 aliphatic rings. The third-order valence-electron chi connectivity index (χ3n) is 2.43. The van der Waals surface area contributed by atoms with Crippen molar-refractivity contribution in [3.05, 3.63) is 22.4 Å². The van der Waals surface area contributed by atoms with Crippen molar-refractivity contribution in [2.75, 3.05) is 6.61 Å². The highest BCUT2D eigenvalue weighted by atomic mass is 32.1. The van der Waals surface area contributed by atoms with E-state index < -0.39 is 6.10 Å². The maximum absolute atomic E-state index is 11.4. The maximum Gasteiger partial charge on any atom is 0.311 e. The van der Waals surface area contributed by atoms with Crippen LogP contribution in [0, 0.1) is 5.92 Å². The molecule has 76 valence electrons. The zero-order valence-electron chi connectivity index (χ0n) is 7.68. The van der Waals surface area contributed by atoms with Gasteiger partial charge in [0.15, 0.2) is 0 Å². The number of thiophene rings is 1. The van der Waals surface area contributed by atoms with Gasteiger partial charge in [0.2, 0.25) is 0 Å². The van der Waals surface area contributed by atoms with Crippen molar-refractivity contribution in [2.24, 2.45) is 5.92 Å². The normalized spacial score (nSPS) is 27.4. The van der Waals surface area contributed by atoms with Crippen LogP contribution in [-0.4, -0.2) is 23.8 Å². The van der Waals surface area contributed by atoms with Gasteiger partial charge in [-0.15, -0.1) is 11.3 Å². The molecule has 2 heterocycles. The van der Waals surface area contributed by atoms with Crippen LogP contribution in [0.4, 0.5) is 0 Å². The third-order valence-corrected chi connectivity index (χ3v) is 3.33. The van der Waals surface area contributed by atoms with Crippen molar-refractivity contribution in [1.82, 2.24) is 0 Å². The van der Waals surface area contributed by atoms with Gasteiger partial charge >= 0.3 is 5.97 Å². The Labute approximate surface area is 86.3 Å². The summed E-state index contributed by atoms with van der Waals surface area (Å²) in [6, 6.07) is 3.92. The first-order valence-corrected chi connectivity index (χ1v) is 5.52. The van der Waals surface area contributed by atoms with Crippen LogP contribution < -0.4 is 0 Å². The Morgan fingerprint density at radius 3 is 3.14 bits per heavy atom. The van der Waals surface area contributed by atoms with Crippen LogP contribution in [0.15, 0.2) is 17.5 Å². The minimum Gasteiger partial charge on any atom is -0.465 e. The summed E-state index contributed by atoms with van der Waals surface area (Å²) in [5, 5.41) is 11.6. The van der Waals surface area contributed by atoms with Crippen LogP contribution >= 0.6 is 11.3 Å². The average Bonchev–Trinajstić information content (AvgIpc) is 2.64. The first kappa shape index (κ1) is 9.68. The minimum absolute atomic E-state index is 0.267. The Kier molecular flexibility index (Phi) is 2.84. The zero-order chi connectivity index (χ0) is 9.97. The molecule has 1 aromatic rings. The fraction of sp³-hybridized carbons (Fsp3) is 0.500. The van der Waals surface area contributed by atoms with E-state index in [4.69, 9.17) is 4.74 Å². The van der Waals surface area contributed by atoms with E-state index in [9.17, 15) is 9.90 Å². The molecule has 0 aromatic carbocycles. The largest absolute Gasteiger partial charge is 0.465 e. The van der Waals surface area contributed by atoms with Crippen LogP contribution in [0.3, 0.4) is 0 Å². The summed E-state index contributed by atoms with van der Waals surface area (Å²) in [6.07, 6.45) is 0.609. The predicted molar refractivity (Wildman–Crippen MR) is 53.1 cm³/mol. The number of ether oxygens (including phenoxy) is 1. The van der Waals surface area contributed by atoms with Crippen LogP contribution in [0.2, 0.25) is 0 Å². The molecule has 2 atom stereocenters. The molecule has 1 aromatic heterocycles. The third kappa shape index (κ3) is 1.96. The number of hydrogen-bond acceptors (Lipinski definition) is 4. The highest BCUT2D eigenvalue weighted by Gasteiger charge is 2.32. The molecule has 0 bridgehead atoms. The summed E-state index contributed by atoms with van der Waals surface area (Å²) in [6.45, 7) is 0.348.